The van der Waals surface area contributed by atoms with E-state index in [1.165, 1.54) is 6.42 Å². The van der Waals surface area contributed by atoms with Crippen molar-refractivity contribution in [2.75, 3.05) is 5.32 Å². The van der Waals surface area contributed by atoms with Crippen molar-refractivity contribution in [3.63, 3.8) is 0 Å². The highest BCUT2D eigenvalue weighted by molar-refractivity contribution is 6.30. The summed E-state index contributed by atoms with van der Waals surface area (Å²) in [4.78, 5) is 16.4. The van der Waals surface area contributed by atoms with Crippen LogP contribution in [0.5, 0.6) is 0 Å². The minimum Gasteiger partial charge on any atom is -0.327 e. The monoisotopic (exact) mass is 279 g/mol. The zero-order valence-corrected chi connectivity index (χ0v) is 11.7. The summed E-state index contributed by atoms with van der Waals surface area (Å²) in [6.07, 6.45) is 5.01. The minimum atomic E-state index is -0.0465. The van der Waals surface area contributed by atoms with Crippen LogP contribution in [0.4, 0.5) is 5.69 Å². The Morgan fingerprint density at radius 3 is 2.84 bits per heavy atom. The average Bonchev–Trinajstić information content (AvgIpc) is 2.94. The van der Waals surface area contributed by atoms with Crippen LogP contribution in [0.1, 0.15) is 24.8 Å². The summed E-state index contributed by atoms with van der Waals surface area (Å²) in [5.41, 5.74) is 7.73. The average molecular weight is 280 g/mol. The first-order valence-electron chi connectivity index (χ1n) is 6.75. The maximum absolute atomic E-state index is 12.4. The SMILES string of the molecule is Cc1cc(NC(=O)C2C3CCC(C3)C2N)cnc1Cl. The third kappa shape index (κ3) is 2.23. The Labute approximate surface area is 117 Å². The predicted octanol–water partition coefficient (Wildman–Crippen LogP) is 2.36. The number of amides is 1. The molecule has 4 unspecified atom stereocenters. The maximum Gasteiger partial charge on any atom is 0.229 e. The molecule has 0 aromatic carbocycles. The van der Waals surface area contributed by atoms with Gasteiger partial charge in [-0.05, 0) is 49.7 Å². The Kier molecular flexibility index (Phi) is 3.23. The number of pyridine rings is 1. The standard InChI is InChI=1S/C14H18ClN3O/c1-7-4-10(6-17-13(7)15)18-14(19)11-8-2-3-9(5-8)12(11)16/h4,6,8-9,11-12H,2-3,5,16H2,1H3,(H,18,19). The van der Waals surface area contributed by atoms with Crippen LogP contribution in [0.3, 0.4) is 0 Å². The molecule has 2 aliphatic rings. The number of fused-ring (bicyclic) bond motifs is 2. The molecule has 2 bridgehead atoms. The third-order valence-electron chi connectivity index (χ3n) is 4.57. The van der Waals surface area contributed by atoms with Crippen LogP contribution in [0, 0.1) is 24.7 Å². The second-order valence-corrected chi connectivity index (χ2v) is 6.12. The quantitative estimate of drug-likeness (QED) is 0.817. The highest BCUT2D eigenvalue weighted by atomic mass is 35.5. The van der Waals surface area contributed by atoms with Gasteiger partial charge < -0.3 is 11.1 Å². The summed E-state index contributed by atoms with van der Waals surface area (Å²) in [6, 6.07) is 1.85. The fourth-order valence-corrected chi connectivity index (χ4v) is 3.68. The molecule has 1 aromatic heterocycles. The molecule has 19 heavy (non-hydrogen) atoms. The summed E-state index contributed by atoms with van der Waals surface area (Å²) in [5.74, 6) is 0.977. The number of halogens is 1. The first-order chi connectivity index (χ1) is 9.06. The number of carbonyl (C=O) groups excluding carboxylic acids is 1. The highest BCUT2D eigenvalue weighted by Crippen LogP contribution is 2.47. The molecule has 4 atom stereocenters. The van der Waals surface area contributed by atoms with Gasteiger partial charge in [-0.15, -0.1) is 0 Å². The van der Waals surface area contributed by atoms with E-state index in [9.17, 15) is 4.79 Å². The van der Waals surface area contributed by atoms with E-state index in [1.54, 1.807) is 6.20 Å². The molecule has 0 saturated heterocycles. The number of nitrogens with zero attached hydrogens (tertiary/aromatic N) is 1. The Balaban J connectivity index is 1.73. The van der Waals surface area contributed by atoms with Gasteiger partial charge in [0.25, 0.3) is 0 Å². The fraction of sp³-hybridized carbons (Fsp3) is 0.571. The molecule has 4 nitrogen and oxygen atoms in total. The normalized spacial score (nSPS) is 32.6. The smallest absolute Gasteiger partial charge is 0.229 e. The molecule has 0 spiro atoms. The number of hydrogen-bond acceptors (Lipinski definition) is 3. The second-order valence-electron chi connectivity index (χ2n) is 5.76. The summed E-state index contributed by atoms with van der Waals surface area (Å²) < 4.78 is 0. The van der Waals surface area contributed by atoms with E-state index in [-0.39, 0.29) is 17.9 Å². The molecule has 1 aromatic rings. The maximum atomic E-state index is 12.4. The first-order valence-corrected chi connectivity index (χ1v) is 7.12. The number of nitrogens with two attached hydrogens (primary N) is 1. The van der Waals surface area contributed by atoms with Crippen molar-refractivity contribution in [3.05, 3.63) is 23.0 Å². The van der Waals surface area contributed by atoms with Crippen LogP contribution < -0.4 is 11.1 Å². The van der Waals surface area contributed by atoms with Crippen LogP contribution in [0.2, 0.25) is 5.15 Å². The van der Waals surface area contributed by atoms with E-state index >= 15 is 0 Å². The topological polar surface area (TPSA) is 68.0 Å². The van der Waals surface area contributed by atoms with Gasteiger partial charge in [0.05, 0.1) is 17.8 Å². The van der Waals surface area contributed by atoms with Gasteiger partial charge >= 0.3 is 0 Å². The Morgan fingerprint density at radius 2 is 2.21 bits per heavy atom. The van der Waals surface area contributed by atoms with Crippen LogP contribution in [0.25, 0.3) is 0 Å². The zero-order chi connectivity index (χ0) is 13.6. The summed E-state index contributed by atoms with van der Waals surface area (Å²) >= 11 is 5.88. The van der Waals surface area contributed by atoms with Crippen molar-refractivity contribution in [1.82, 2.24) is 4.98 Å². The molecule has 1 heterocycles. The molecule has 2 aliphatic carbocycles. The van der Waals surface area contributed by atoms with Crippen LogP contribution in [0.15, 0.2) is 12.3 Å². The van der Waals surface area contributed by atoms with Crippen LogP contribution in [-0.2, 0) is 4.79 Å². The second kappa shape index (κ2) is 4.76. The number of anilines is 1. The van der Waals surface area contributed by atoms with E-state index in [0.29, 0.717) is 22.7 Å². The first kappa shape index (κ1) is 12.9. The predicted molar refractivity (Wildman–Crippen MR) is 74.9 cm³/mol. The van der Waals surface area contributed by atoms with E-state index in [1.807, 2.05) is 13.0 Å². The molecule has 0 radical (unpaired) electrons. The number of rotatable bonds is 2. The van der Waals surface area contributed by atoms with Crippen LogP contribution >= 0.6 is 11.6 Å². The Bertz CT molecular complexity index is 517. The number of nitrogens with one attached hydrogen (secondary N) is 1. The fourth-order valence-electron chi connectivity index (χ4n) is 3.58. The highest BCUT2D eigenvalue weighted by Gasteiger charge is 2.49. The lowest BCUT2D eigenvalue weighted by molar-refractivity contribution is -0.121. The third-order valence-corrected chi connectivity index (χ3v) is 4.96. The molecule has 2 fully saturated rings. The lowest BCUT2D eigenvalue weighted by atomic mass is 9.84. The molecule has 0 aliphatic heterocycles. The van der Waals surface area contributed by atoms with E-state index in [0.717, 1.165) is 18.4 Å². The molecule has 5 heteroatoms. The summed E-state index contributed by atoms with van der Waals surface area (Å²) in [7, 11) is 0. The molecule has 2 saturated carbocycles. The van der Waals surface area contributed by atoms with Gasteiger partial charge in [0, 0.05) is 6.04 Å². The molecule has 3 rings (SSSR count). The van der Waals surface area contributed by atoms with E-state index < -0.39 is 0 Å². The molecule has 1 amide bonds. The zero-order valence-electron chi connectivity index (χ0n) is 10.9. The van der Waals surface area contributed by atoms with Crippen molar-refractivity contribution < 1.29 is 4.79 Å². The van der Waals surface area contributed by atoms with E-state index in [4.69, 9.17) is 17.3 Å². The van der Waals surface area contributed by atoms with Crippen molar-refractivity contribution in [1.29, 1.82) is 0 Å². The van der Waals surface area contributed by atoms with Gasteiger partial charge in [0.2, 0.25) is 5.91 Å². The minimum absolute atomic E-state index is 0.0140. The molecule has 3 N–H and O–H groups in total. The lowest BCUT2D eigenvalue weighted by Gasteiger charge is -2.27. The van der Waals surface area contributed by atoms with Gasteiger partial charge in [0.15, 0.2) is 0 Å². The Morgan fingerprint density at radius 1 is 1.47 bits per heavy atom. The largest absolute Gasteiger partial charge is 0.327 e. The number of aryl methyl sites for hydroxylation is 1. The summed E-state index contributed by atoms with van der Waals surface area (Å²) in [5, 5.41) is 3.39. The van der Waals surface area contributed by atoms with Crippen molar-refractivity contribution in [2.24, 2.45) is 23.5 Å². The molecule has 102 valence electrons. The number of carbonyl (C=O) groups is 1. The van der Waals surface area contributed by atoms with Crippen molar-refractivity contribution in [2.45, 2.75) is 32.2 Å². The van der Waals surface area contributed by atoms with Gasteiger partial charge in [0.1, 0.15) is 5.15 Å². The molecular formula is C14H18ClN3O. The number of hydrogen-bond donors (Lipinski definition) is 2. The number of aromatic nitrogens is 1. The van der Waals surface area contributed by atoms with Gasteiger partial charge in [-0.3, -0.25) is 4.79 Å². The van der Waals surface area contributed by atoms with Gasteiger partial charge in [-0.1, -0.05) is 11.6 Å². The lowest BCUT2D eigenvalue weighted by Crippen LogP contribution is -2.42. The van der Waals surface area contributed by atoms with Crippen LogP contribution in [-0.4, -0.2) is 16.9 Å². The summed E-state index contributed by atoms with van der Waals surface area (Å²) in [6.45, 7) is 1.87. The van der Waals surface area contributed by atoms with E-state index in [2.05, 4.69) is 10.3 Å². The molecular weight excluding hydrogens is 262 g/mol. The van der Waals surface area contributed by atoms with Gasteiger partial charge in [-0.25, -0.2) is 4.98 Å². The Hall–Kier alpha value is -1.13. The van der Waals surface area contributed by atoms with Crippen molar-refractivity contribution in [3.8, 4) is 0 Å². The van der Waals surface area contributed by atoms with Crippen molar-refractivity contribution >= 4 is 23.2 Å². The van der Waals surface area contributed by atoms with Gasteiger partial charge in [-0.2, -0.15) is 0 Å².